The van der Waals surface area contributed by atoms with Gasteiger partial charge in [0.2, 0.25) is 0 Å². The van der Waals surface area contributed by atoms with E-state index in [1.54, 1.807) is 36.4 Å². The molecule has 214 valence electrons. The van der Waals surface area contributed by atoms with E-state index in [4.69, 9.17) is 41.7 Å². The standard InChI is InChI=1S/C30H29ClN2O7S/c1-6-12-40-27-21(31)13-18(14-24(27)39-9-4)15-25-28(34)33-26(20(29(35)36-5)17-32-30(33)41-25)19-10-11-22(37-7-2)23(16-19)38-8-3/h1,10-11,13-17,26H,7-9,12H2,2-5H3/b25-15-/t26-/m1/s1. The summed E-state index contributed by atoms with van der Waals surface area (Å²) in [6.45, 7) is 6.83. The molecule has 0 aliphatic carbocycles. The number of thiazole rings is 1. The fourth-order valence-corrected chi connectivity index (χ4v) is 5.57. The minimum Gasteiger partial charge on any atom is -0.490 e. The molecule has 11 heteroatoms. The molecular weight excluding hydrogens is 568 g/mol. The molecule has 9 nitrogen and oxygen atoms in total. The number of aromatic nitrogens is 1. The molecule has 4 rings (SSSR count). The predicted octanol–water partition coefficient (Wildman–Crippen LogP) is 3.88. The van der Waals surface area contributed by atoms with Crippen molar-refractivity contribution in [1.29, 1.82) is 0 Å². The summed E-state index contributed by atoms with van der Waals surface area (Å²) in [6.07, 6.45) is 8.45. The van der Waals surface area contributed by atoms with E-state index < -0.39 is 12.0 Å². The fourth-order valence-electron chi connectivity index (χ4n) is 4.33. The van der Waals surface area contributed by atoms with Crippen molar-refractivity contribution in [3.8, 4) is 35.3 Å². The number of hydrogen-bond acceptors (Lipinski definition) is 9. The van der Waals surface area contributed by atoms with E-state index in [1.807, 2.05) is 20.8 Å². The highest BCUT2D eigenvalue weighted by molar-refractivity contribution is 7.07. The zero-order valence-corrected chi connectivity index (χ0v) is 24.6. The Morgan fingerprint density at radius 3 is 2.46 bits per heavy atom. The summed E-state index contributed by atoms with van der Waals surface area (Å²) in [5.74, 6) is 3.59. The first-order valence-electron chi connectivity index (χ1n) is 12.9. The van der Waals surface area contributed by atoms with Crippen LogP contribution in [0.1, 0.15) is 37.9 Å². The largest absolute Gasteiger partial charge is 0.490 e. The summed E-state index contributed by atoms with van der Waals surface area (Å²) >= 11 is 7.67. The van der Waals surface area contributed by atoms with Crippen molar-refractivity contribution in [2.45, 2.75) is 26.8 Å². The van der Waals surface area contributed by atoms with Gasteiger partial charge in [-0.3, -0.25) is 9.36 Å². The Morgan fingerprint density at radius 2 is 1.78 bits per heavy atom. The Kier molecular flexibility index (Phi) is 9.76. The lowest BCUT2D eigenvalue weighted by atomic mass is 9.97. The average Bonchev–Trinajstić information content (AvgIpc) is 3.27. The highest BCUT2D eigenvalue weighted by Crippen LogP contribution is 2.37. The Balaban J connectivity index is 1.88. The maximum atomic E-state index is 13.9. The van der Waals surface area contributed by atoms with Gasteiger partial charge in [-0.05, 0) is 62.2 Å². The zero-order chi connectivity index (χ0) is 29.5. The summed E-state index contributed by atoms with van der Waals surface area (Å²) in [5.41, 5.74) is 1.10. The van der Waals surface area contributed by atoms with E-state index in [0.29, 0.717) is 63.3 Å². The second-order valence-corrected chi connectivity index (χ2v) is 9.92. The lowest BCUT2D eigenvalue weighted by molar-refractivity contribution is -0.136. The second-order valence-electron chi connectivity index (χ2n) is 8.50. The third-order valence-corrected chi connectivity index (χ3v) is 7.22. The van der Waals surface area contributed by atoms with Gasteiger partial charge in [-0.2, -0.15) is 0 Å². The average molecular weight is 597 g/mol. The molecule has 0 bridgehead atoms. The molecule has 2 aromatic carbocycles. The van der Waals surface area contributed by atoms with Crippen molar-refractivity contribution in [1.82, 2.24) is 4.57 Å². The number of nitrogens with zero attached hydrogens (tertiary/aromatic N) is 2. The minimum absolute atomic E-state index is 0.0246. The molecule has 0 fully saturated rings. The van der Waals surface area contributed by atoms with Crippen molar-refractivity contribution in [3.05, 3.63) is 77.9 Å². The molecule has 0 radical (unpaired) electrons. The van der Waals surface area contributed by atoms with Crippen LogP contribution in [-0.4, -0.2) is 44.1 Å². The SMILES string of the molecule is C#CCOc1c(Cl)cc(/C=c2\sc3n(c2=O)[C@H](c2ccc(OCC)c(OCC)c2)C(C(=O)OC)=CN=3)cc1OCC. The molecule has 2 heterocycles. The Morgan fingerprint density at radius 1 is 1.07 bits per heavy atom. The number of methoxy groups -OCH3 is 1. The van der Waals surface area contributed by atoms with E-state index in [0.717, 1.165) is 0 Å². The number of carbonyl (C=O) groups excluding carboxylic acids is 1. The number of ether oxygens (including phenoxy) is 5. The van der Waals surface area contributed by atoms with Crippen molar-refractivity contribution in [3.63, 3.8) is 0 Å². The number of carbonyl (C=O) groups is 1. The summed E-state index contributed by atoms with van der Waals surface area (Å²) in [4.78, 5) is 31.5. The number of benzene rings is 2. The Labute approximate surface area is 246 Å². The molecule has 1 aromatic heterocycles. The molecule has 3 aromatic rings. The van der Waals surface area contributed by atoms with Gasteiger partial charge in [-0.25, -0.2) is 9.79 Å². The molecule has 1 atom stereocenters. The molecule has 1 aliphatic heterocycles. The van der Waals surface area contributed by atoms with Gasteiger partial charge in [0.15, 0.2) is 27.8 Å². The number of halogens is 1. The predicted molar refractivity (Wildman–Crippen MR) is 157 cm³/mol. The molecular formula is C30H29ClN2O7S. The Bertz CT molecular complexity index is 1700. The first kappa shape index (κ1) is 29.8. The van der Waals surface area contributed by atoms with Crippen LogP contribution < -0.4 is 33.8 Å². The quantitative estimate of drug-likeness (QED) is 0.245. The number of fused-ring (bicyclic) bond motifs is 1. The molecule has 0 unspecified atom stereocenters. The number of esters is 1. The lowest BCUT2D eigenvalue weighted by Gasteiger charge is -2.23. The van der Waals surface area contributed by atoms with Gasteiger partial charge in [-0.15, -0.1) is 6.42 Å². The summed E-state index contributed by atoms with van der Waals surface area (Å²) in [7, 11) is 1.28. The van der Waals surface area contributed by atoms with Gasteiger partial charge in [0, 0.05) is 6.20 Å². The zero-order valence-electron chi connectivity index (χ0n) is 23.1. The van der Waals surface area contributed by atoms with Gasteiger partial charge in [0.05, 0.1) is 48.1 Å². The number of hydrogen-bond donors (Lipinski definition) is 0. The highest BCUT2D eigenvalue weighted by Gasteiger charge is 2.31. The van der Waals surface area contributed by atoms with E-state index in [2.05, 4.69) is 10.9 Å². The van der Waals surface area contributed by atoms with Crippen LogP contribution in [-0.2, 0) is 9.53 Å². The van der Waals surface area contributed by atoms with Crippen LogP contribution >= 0.6 is 22.9 Å². The summed E-state index contributed by atoms with van der Waals surface area (Å²) < 4.78 is 29.7. The van der Waals surface area contributed by atoms with Crippen molar-refractivity contribution in [2.75, 3.05) is 33.5 Å². The first-order chi connectivity index (χ1) is 19.9. The molecule has 1 aliphatic rings. The minimum atomic E-state index is -0.808. The third-order valence-electron chi connectivity index (χ3n) is 5.94. The normalized spacial score (nSPS) is 14.3. The topological polar surface area (TPSA) is 97.6 Å². The molecule has 0 amide bonds. The highest BCUT2D eigenvalue weighted by atomic mass is 35.5. The van der Waals surface area contributed by atoms with Crippen LogP contribution in [0.25, 0.3) is 6.08 Å². The lowest BCUT2D eigenvalue weighted by Crippen LogP contribution is -2.39. The molecule has 0 saturated heterocycles. The van der Waals surface area contributed by atoms with E-state index >= 15 is 0 Å². The number of rotatable bonds is 11. The van der Waals surface area contributed by atoms with Crippen molar-refractivity contribution in [2.24, 2.45) is 4.99 Å². The van der Waals surface area contributed by atoms with Gasteiger partial charge >= 0.3 is 5.97 Å². The third kappa shape index (κ3) is 6.26. The maximum Gasteiger partial charge on any atom is 0.337 e. The van der Waals surface area contributed by atoms with Crippen LogP contribution in [0.4, 0.5) is 0 Å². The molecule has 41 heavy (non-hydrogen) atoms. The smallest absolute Gasteiger partial charge is 0.337 e. The van der Waals surface area contributed by atoms with Crippen LogP contribution in [0.15, 0.2) is 51.9 Å². The Hall–Kier alpha value is -4.20. The van der Waals surface area contributed by atoms with E-state index in [9.17, 15) is 9.59 Å². The van der Waals surface area contributed by atoms with Gasteiger partial charge in [0.25, 0.3) is 5.56 Å². The monoisotopic (exact) mass is 596 g/mol. The van der Waals surface area contributed by atoms with Crippen molar-refractivity contribution >= 4 is 35.0 Å². The molecule has 0 spiro atoms. The van der Waals surface area contributed by atoms with Crippen LogP contribution in [0.5, 0.6) is 23.0 Å². The van der Waals surface area contributed by atoms with Crippen molar-refractivity contribution < 1.29 is 28.5 Å². The summed E-state index contributed by atoms with van der Waals surface area (Å²) in [5, 5.41) is 0.286. The van der Waals surface area contributed by atoms with Crippen LogP contribution in [0.2, 0.25) is 5.02 Å². The molecule has 0 N–H and O–H groups in total. The van der Waals surface area contributed by atoms with E-state index in [1.165, 1.54) is 29.2 Å². The van der Waals surface area contributed by atoms with Gasteiger partial charge in [0.1, 0.15) is 6.61 Å². The second kappa shape index (κ2) is 13.4. The van der Waals surface area contributed by atoms with Crippen LogP contribution in [0.3, 0.4) is 0 Å². The van der Waals surface area contributed by atoms with Crippen LogP contribution in [0, 0.1) is 12.3 Å². The maximum absolute atomic E-state index is 13.9. The van der Waals surface area contributed by atoms with Gasteiger partial charge < -0.3 is 23.7 Å². The van der Waals surface area contributed by atoms with E-state index in [-0.39, 0.29) is 22.8 Å². The van der Waals surface area contributed by atoms with Gasteiger partial charge in [-0.1, -0.05) is 34.9 Å². The summed E-state index contributed by atoms with van der Waals surface area (Å²) in [6, 6.07) is 7.89. The fraction of sp³-hybridized carbons (Fsp3) is 0.300. The number of terminal acetylenes is 1. The first-order valence-corrected chi connectivity index (χ1v) is 14.1. The molecule has 0 saturated carbocycles.